The van der Waals surface area contributed by atoms with Crippen LogP contribution in [0.15, 0.2) is 188 Å². The minimum atomic E-state index is 0.552. The van der Waals surface area contributed by atoms with Crippen molar-refractivity contribution in [2.45, 2.75) is 13.8 Å². The Morgan fingerprint density at radius 2 is 0.918 bits per heavy atom. The molecule has 0 aliphatic heterocycles. The highest BCUT2D eigenvalue weighted by molar-refractivity contribution is 6.12. The molecule has 0 saturated carbocycles. The van der Waals surface area contributed by atoms with Gasteiger partial charge in [-0.05, 0) is 96.8 Å². The third kappa shape index (κ3) is 6.91. The average molecular weight is 780 g/mol. The van der Waals surface area contributed by atoms with Crippen LogP contribution in [0.25, 0.3) is 94.8 Å². The van der Waals surface area contributed by atoms with Crippen molar-refractivity contribution < 1.29 is 0 Å². The third-order valence-electron chi connectivity index (χ3n) is 11.3. The summed E-state index contributed by atoms with van der Waals surface area (Å²) in [6.07, 6.45) is 0. The predicted octanol–water partition coefficient (Wildman–Crippen LogP) is 13.9. The van der Waals surface area contributed by atoms with Gasteiger partial charge in [-0.2, -0.15) is 10.5 Å². The number of benzene rings is 8. The molecule has 61 heavy (non-hydrogen) atoms. The number of fused-ring (bicyclic) bond motifs is 3. The van der Waals surface area contributed by atoms with Crippen molar-refractivity contribution in [3.63, 3.8) is 0 Å². The SMILES string of the molecule is Cc1cc(C)cc(-c2ccc3c(c2)c2ccccc2n3-c2c(-c3cccc(C#N)c3)cc(-c3nc(-c4ccccc4)cc(-c4ccccc4)n3)cc2-c2cccc(C#N)c2)c1. The van der Waals surface area contributed by atoms with Crippen molar-refractivity contribution in [2.75, 3.05) is 0 Å². The summed E-state index contributed by atoms with van der Waals surface area (Å²) in [6, 6.07) is 68.9. The van der Waals surface area contributed by atoms with Crippen LogP contribution in [0.3, 0.4) is 0 Å². The average Bonchev–Trinajstić information content (AvgIpc) is 3.64. The monoisotopic (exact) mass is 779 g/mol. The largest absolute Gasteiger partial charge is 0.308 e. The van der Waals surface area contributed by atoms with Gasteiger partial charge in [0.1, 0.15) is 0 Å². The molecule has 0 amide bonds. The van der Waals surface area contributed by atoms with E-state index in [1.807, 2.05) is 78.9 Å². The smallest absolute Gasteiger partial charge is 0.160 e. The molecule has 5 heteroatoms. The molecule has 0 spiro atoms. The fourth-order valence-corrected chi connectivity index (χ4v) is 8.58. The van der Waals surface area contributed by atoms with E-state index in [9.17, 15) is 10.5 Å². The van der Waals surface area contributed by atoms with Crippen molar-refractivity contribution in [3.8, 4) is 85.1 Å². The molecular formula is C56H37N5. The summed E-state index contributed by atoms with van der Waals surface area (Å²) in [6.45, 7) is 4.28. The first kappa shape index (κ1) is 36.9. The summed E-state index contributed by atoms with van der Waals surface area (Å²) in [5.74, 6) is 0.558. The molecule has 2 aromatic heterocycles. The van der Waals surface area contributed by atoms with E-state index >= 15 is 0 Å². The number of para-hydroxylation sites is 1. The van der Waals surface area contributed by atoms with Gasteiger partial charge in [-0.15, -0.1) is 0 Å². The molecule has 0 unspecified atom stereocenters. The van der Waals surface area contributed by atoms with E-state index in [0.29, 0.717) is 17.0 Å². The number of aryl methyl sites for hydroxylation is 2. The Morgan fingerprint density at radius 1 is 0.393 bits per heavy atom. The van der Waals surface area contributed by atoms with Crippen molar-refractivity contribution in [3.05, 3.63) is 210 Å². The molecule has 0 atom stereocenters. The van der Waals surface area contributed by atoms with Crippen molar-refractivity contribution in [1.82, 2.24) is 14.5 Å². The third-order valence-corrected chi connectivity index (χ3v) is 11.3. The molecular weight excluding hydrogens is 743 g/mol. The summed E-state index contributed by atoms with van der Waals surface area (Å²) in [5.41, 5.74) is 16.7. The van der Waals surface area contributed by atoms with Gasteiger partial charge < -0.3 is 4.57 Å². The van der Waals surface area contributed by atoms with Gasteiger partial charge >= 0.3 is 0 Å². The molecule has 8 aromatic carbocycles. The normalized spacial score (nSPS) is 11.1. The lowest BCUT2D eigenvalue weighted by atomic mass is 9.91. The standard InChI is InChI=1S/C56H37N5/c1-36-25-37(2)27-45(26-36)42-23-24-54-50(30-42)47-21-9-10-22-53(47)61(54)55-48(43-19-11-13-38(28-43)34-57)31-46(32-49(55)44-20-12-14-39(29-44)35-58)56-59-51(40-15-5-3-6-16-40)33-52(60-56)41-17-7-4-8-18-41/h3-33H,1-2H3. The molecule has 5 nitrogen and oxygen atoms in total. The zero-order valence-electron chi connectivity index (χ0n) is 33.6. The van der Waals surface area contributed by atoms with Gasteiger partial charge in [-0.25, -0.2) is 9.97 Å². The minimum absolute atomic E-state index is 0.552. The maximum absolute atomic E-state index is 10.2. The molecule has 0 aliphatic rings. The van der Waals surface area contributed by atoms with E-state index < -0.39 is 0 Å². The van der Waals surface area contributed by atoms with Crippen LogP contribution in [-0.4, -0.2) is 14.5 Å². The first-order valence-electron chi connectivity index (χ1n) is 20.3. The topological polar surface area (TPSA) is 78.3 Å². The Kier molecular flexibility index (Phi) is 9.33. The Bertz CT molecular complexity index is 3250. The van der Waals surface area contributed by atoms with Crippen LogP contribution in [0.1, 0.15) is 22.3 Å². The highest BCUT2D eigenvalue weighted by Crippen LogP contribution is 2.45. The number of hydrogen-bond acceptors (Lipinski definition) is 4. The van der Waals surface area contributed by atoms with Crippen LogP contribution in [0.2, 0.25) is 0 Å². The summed E-state index contributed by atoms with van der Waals surface area (Å²) in [7, 11) is 0. The summed E-state index contributed by atoms with van der Waals surface area (Å²) in [4.78, 5) is 10.5. The van der Waals surface area contributed by atoms with E-state index in [4.69, 9.17) is 9.97 Å². The zero-order valence-corrected chi connectivity index (χ0v) is 33.6. The fraction of sp³-hybridized carbons (Fsp3) is 0.0357. The van der Waals surface area contributed by atoms with E-state index in [0.717, 1.165) is 83.4 Å². The van der Waals surface area contributed by atoms with E-state index in [2.05, 4.69) is 140 Å². The molecule has 2 heterocycles. The Morgan fingerprint density at radius 3 is 1.49 bits per heavy atom. The van der Waals surface area contributed by atoms with Crippen molar-refractivity contribution >= 4 is 21.8 Å². The number of hydrogen-bond donors (Lipinski definition) is 0. The molecule has 10 aromatic rings. The van der Waals surface area contributed by atoms with Crippen LogP contribution in [-0.2, 0) is 0 Å². The second kappa shape index (κ2) is 15.4. The maximum Gasteiger partial charge on any atom is 0.160 e. The molecule has 286 valence electrons. The minimum Gasteiger partial charge on any atom is -0.308 e. The Labute approximate surface area is 354 Å². The van der Waals surface area contributed by atoms with Gasteiger partial charge in [0.15, 0.2) is 5.82 Å². The Balaban J connectivity index is 1.33. The highest BCUT2D eigenvalue weighted by Gasteiger charge is 2.23. The van der Waals surface area contributed by atoms with Crippen LogP contribution >= 0.6 is 0 Å². The summed E-state index contributed by atoms with van der Waals surface area (Å²) in [5, 5.41) is 22.6. The molecule has 0 radical (unpaired) electrons. The summed E-state index contributed by atoms with van der Waals surface area (Å²) < 4.78 is 2.35. The highest BCUT2D eigenvalue weighted by atomic mass is 15.0. The first-order chi connectivity index (χ1) is 29.9. The van der Waals surface area contributed by atoms with Gasteiger partial charge in [-0.1, -0.05) is 139 Å². The van der Waals surface area contributed by atoms with Gasteiger partial charge in [0.2, 0.25) is 0 Å². The van der Waals surface area contributed by atoms with Gasteiger partial charge in [-0.3, -0.25) is 0 Å². The van der Waals surface area contributed by atoms with Gasteiger partial charge in [0.05, 0.1) is 51.4 Å². The first-order valence-corrected chi connectivity index (χ1v) is 20.3. The maximum atomic E-state index is 10.2. The number of nitriles is 2. The van der Waals surface area contributed by atoms with Crippen molar-refractivity contribution in [2.24, 2.45) is 0 Å². The van der Waals surface area contributed by atoms with Crippen molar-refractivity contribution in [1.29, 1.82) is 10.5 Å². The molecule has 0 N–H and O–H groups in total. The van der Waals surface area contributed by atoms with E-state index in [1.54, 1.807) is 0 Å². The molecule has 10 rings (SSSR count). The second-order valence-electron chi connectivity index (χ2n) is 15.5. The van der Waals surface area contributed by atoms with Crippen LogP contribution in [0, 0.1) is 36.5 Å². The number of rotatable bonds is 7. The van der Waals surface area contributed by atoms with Crippen LogP contribution in [0.4, 0.5) is 0 Å². The number of aromatic nitrogens is 3. The van der Waals surface area contributed by atoms with Crippen LogP contribution < -0.4 is 0 Å². The molecule has 0 fully saturated rings. The predicted molar refractivity (Wildman–Crippen MR) is 248 cm³/mol. The number of nitrogens with zero attached hydrogens (tertiary/aromatic N) is 5. The lowest BCUT2D eigenvalue weighted by Crippen LogP contribution is -2.03. The quantitative estimate of drug-likeness (QED) is 0.161. The van der Waals surface area contributed by atoms with Gasteiger partial charge in [0.25, 0.3) is 0 Å². The van der Waals surface area contributed by atoms with Gasteiger partial charge in [0, 0.05) is 38.6 Å². The Hall–Kier alpha value is -8.38. The fourth-order valence-electron chi connectivity index (χ4n) is 8.58. The van der Waals surface area contributed by atoms with E-state index in [1.165, 1.54) is 16.7 Å². The summed E-state index contributed by atoms with van der Waals surface area (Å²) >= 11 is 0. The molecule has 0 bridgehead atoms. The lowest BCUT2D eigenvalue weighted by Gasteiger charge is -2.21. The van der Waals surface area contributed by atoms with Crippen LogP contribution in [0.5, 0.6) is 0 Å². The zero-order chi connectivity index (χ0) is 41.5. The second-order valence-corrected chi connectivity index (χ2v) is 15.5. The molecule has 0 saturated heterocycles. The lowest BCUT2D eigenvalue weighted by molar-refractivity contribution is 1.17. The molecule has 0 aliphatic carbocycles. The van der Waals surface area contributed by atoms with E-state index in [-0.39, 0.29) is 0 Å².